The average molecular weight is 414 g/mol. The molecule has 7 heteroatoms. The van der Waals surface area contributed by atoms with Gasteiger partial charge >= 0.3 is 0 Å². The lowest BCUT2D eigenvalue weighted by Gasteiger charge is -2.09. The van der Waals surface area contributed by atoms with Gasteiger partial charge in [0.25, 0.3) is 11.8 Å². The standard InChI is InChI=1S/C19H13BrFN3O2/c20-17-11-13(21)4-5-16(17)19(26)24-15-3-1-2-12(10-15)18(25)23-14-6-8-22-9-7-14/h1-11H,(H,24,26)(H,22,23,25). The fraction of sp³-hybridized carbons (Fsp3) is 0. The molecule has 1 aromatic heterocycles. The van der Waals surface area contributed by atoms with Gasteiger partial charge in [0.2, 0.25) is 0 Å². The van der Waals surface area contributed by atoms with Crippen molar-refractivity contribution in [3.05, 3.63) is 88.4 Å². The number of anilines is 2. The van der Waals surface area contributed by atoms with Crippen LogP contribution in [0.25, 0.3) is 0 Å². The van der Waals surface area contributed by atoms with Gasteiger partial charge in [0.15, 0.2) is 0 Å². The van der Waals surface area contributed by atoms with Crippen LogP contribution in [0.4, 0.5) is 15.8 Å². The highest BCUT2D eigenvalue weighted by atomic mass is 79.9. The van der Waals surface area contributed by atoms with E-state index in [-0.39, 0.29) is 11.5 Å². The van der Waals surface area contributed by atoms with Gasteiger partial charge in [-0.3, -0.25) is 14.6 Å². The van der Waals surface area contributed by atoms with E-state index in [2.05, 4.69) is 31.5 Å². The first-order chi connectivity index (χ1) is 12.5. The third kappa shape index (κ3) is 4.31. The van der Waals surface area contributed by atoms with E-state index in [9.17, 15) is 14.0 Å². The Bertz CT molecular complexity index is 964. The van der Waals surface area contributed by atoms with Gasteiger partial charge in [-0.05, 0) is 64.5 Å². The quantitative estimate of drug-likeness (QED) is 0.661. The smallest absolute Gasteiger partial charge is 0.256 e. The first-order valence-corrected chi connectivity index (χ1v) is 8.40. The number of halogens is 2. The number of amides is 2. The summed E-state index contributed by atoms with van der Waals surface area (Å²) < 4.78 is 13.5. The third-order valence-electron chi connectivity index (χ3n) is 3.50. The van der Waals surface area contributed by atoms with Crippen molar-refractivity contribution in [3.8, 4) is 0 Å². The van der Waals surface area contributed by atoms with Crippen LogP contribution in [0.2, 0.25) is 0 Å². The molecular formula is C19H13BrFN3O2. The second-order valence-corrected chi connectivity index (χ2v) is 6.20. The average Bonchev–Trinajstić information content (AvgIpc) is 2.62. The Morgan fingerprint density at radius 2 is 1.62 bits per heavy atom. The van der Waals surface area contributed by atoms with E-state index < -0.39 is 11.7 Å². The third-order valence-corrected chi connectivity index (χ3v) is 4.15. The number of hydrogen-bond donors (Lipinski definition) is 2. The number of nitrogens with zero attached hydrogens (tertiary/aromatic N) is 1. The van der Waals surface area contributed by atoms with Crippen LogP contribution in [0, 0.1) is 5.82 Å². The van der Waals surface area contributed by atoms with Gasteiger partial charge in [-0.1, -0.05) is 6.07 Å². The Labute approximate surface area is 157 Å². The van der Waals surface area contributed by atoms with E-state index in [1.807, 2.05) is 0 Å². The van der Waals surface area contributed by atoms with Crippen LogP contribution in [-0.2, 0) is 0 Å². The van der Waals surface area contributed by atoms with E-state index in [4.69, 9.17) is 0 Å². The molecule has 130 valence electrons. The van der Waals surface area contributed by atoms with E-state index in [0.717, 1.165) is 0 Å². The summed E-state index contributed by atoms with van der Waals surface area (Å²) in [6, 6.07) is 13.7. The van der Waals surface area contributed by atoms with Gasteiger partial charge in [0, 0.05) is 33.8 Å². The minimum Gasteiger partial charge on any atom is -0.322 e. The Morgan fingerprint density at radius 1 is 0.885 bits per heavy atom. The number of carbonyl (C=O) groups is 2. The molecule has 3 aromatic rings. The van der Waals surface area contributed by atoms with Gasteiger partial charge in [-0.2, -0.15) is 0 Å². The van der Waals surface area contributed by atoms with E-state index >= 15 is 0 Å². The summed E-state index contributed by atoms with van der Waals surface area (Å²) in [6.07, 6.45) is 3.15. The summed E-state index contributed by atoms with van der Waals surface area (Å²) in [6.45, 7) is 0. The highest BCUT2D eigenvalue weighted by molar-refractivity contribution is 9.10. The van der Waals surface area contributed by atoms with Crippen molar-refractivity contribution in [3.63, 3.8) is 0 Å². The van der Waals surface area contributed by atoms with Gasteiger partial charge in [0.05, 0.1) is 5.56 Å². The molecule has 0 aliphatic rings. The number of nitrogens with one attached hydrogen (secondary N) is 2. The lowest BCUT2D eigenvalue weighted by atomic mass is 10.1. The number of rotatable bonds is 4. The minimum absolute atomic E-state index is 0.290. The molecule has 2 aromatic carbocycles. The normalized spacial score (nSPS) is 10.2. The van der Waals surface area contributed by atoms with Crippen LogP contribution in [0.5, 0.6) is 0 Å². The SMILES string of the molecule is O=C(Nc1ccncc1)c1cccc(NC(=O)c2ccc(F)cc2Br)c1. The van der Waals surface area contributed by atoms with Crippen molar-refractivity contribution < 1.29 is 14.0 Å². The topological polar surface area (TPSA) is 71.1 Å². The molecule has 0 spiro atoms. The second-order valence-electron chi connectivity index (χ2n) is 5.35. The molecule has 1 heterocycles. The lowest BCUT2D eigenvalue weighted by Crippen LogP contribution is -2.15. The van der Waals surface area contributed by atoms with Gasteiger partial charge in [-0.15, -0.1) is 0 Å². The second kappa shape index (κ2) is 7.88. The molecule has 0 bridgehead atoms. The maximum atomic E-state index is 13.1. The van der Waals surface area contributed by atoms with Crippen molar-refractivity contribution in [2.24, 2.45) is 0 Å². The molecule has 2 N–H and O–H groups in total. The highest BCUT2D eigenvalue weighted by Crippen LogP contribution is 2.20. The van der Waals surface area contributed by atoms with Crippen LogP contribution in [0.15, 0.2) is 71.5 Å². The summed E-state index contributed by atoms with van der Waals surface area (Å²) in [4.78, 5) is 28.6. The maximum Gasteiger partial charge on any atom is 0.256 e. The molecule has 5 nitrogen and oxygen atoms in total. The Hall–Kier alpha value is -3.06. The van der Waals surface area contributed by atoms with Gasteiger partial charge in [-0.25, -0.2) is 4.39 Å². The lowest BCUT2D eigenvalue weighted by molar-refractivity contribution is 0.101. The van der Waals surface area contributed by atoms with Gasteiger partial charge < -0.3 is 10.6 Å². The zero-order valence-corrected chi connectivity index (χ0v) is 15.0. The first kappa shape index (κ1) is 17.8. The Balaban J connectivity index is 1.74. The molecule has 0 radical (unpaired) electrons. The summed E-state index contributed by atoms with van der Waals surface area (Å²) in [5.41, 5.74) is 1.75. The molecule has 0 atom stereocenters. The maximum absolute atomic E-state index is 13.1. The summed E-state index contributed by atoms with van der Waals surface area (Å²) in [7, 11) is 0. The van der Waals surface area contributed by atoms with E-state index in [1.165, 1.54) is 18.2 Å². The van der Waals surface area contributed by atoms with Crippen LogP contribution < -0.4 is 10.6 Å². The molecule has 2 amide bonds. The fourth-order valence-electron chi connectivity index (χ4n) is 2.25. The number of aromatic nitrogens is 1. The molecule has 0 aliphatic heterocycles. The van der Waals surface area contributed by atoms with Crippen LogP contribution >= 0.6 is 15.9 Å². The van der Waals surface area contributed by atoms with Crippen molar-refractivity contribution in [2.75, 3.05) is 10.6 Å². The van der Waals surface area contributed by atoms with Crippen LogP contribution in [0.3, 0.4) is 0 Å². The number of hydrogen-bond acceptors (Lipinski definition) is 3. The summed E-state index contributed by atoms with van der Waals surface area (Å²) >= 11 is 3.17. The number of pyridine rings is 1. The van der Waals surface area contributed by atoms with Crippen molar-refractivity contribution >= 4 is 39.1 Å². The molecule has 3 rings (SSSR count). The highest BCUT2D eigenvalue weighted by Gasteiger charge is 2.12. The molecule has 0 saturated heterocycles. The Kier molecular flexibility index (Phi) is 5.38. The Morgan fingerprint density at radius 3 is 2.35 bits per heavy atom. The molecule has 0 aliphatic carbocycles. The predicted octanol–water partition coefficient (Wildman–Crippen LogP) is 4.49. The zero-order valence-electron chi connectivity index (χ0n) is 13.4. The van der Waals surface area contributed by atoms with Crippen LogP contribution in [-0.4, -0.2) is 16.8 Å². The van der Waals surface area contributed by atoms with E-state index in [0.29, 0.717) is 21.4 Å². The largest absolute Gasteiger partial charge is 0.322 e. The van der Waals surface area contributed by atoms with Gasteiger partial charge in [0.1, 0.15) is 5.82 Å². The predicted molar refractivity (Wildman–Crippen MR) is 101 cm³/mol. The monoisotopic (exact) mass is 413 g/mol. The number of carbonyl (C=O) groups excluding carboxylic acids is 2. The molecular weight excluding hydrogens is 401 g/mol. The first-order valence-electron chi connectivity index (χ1n) is 7.61. The zero-order chi connectivity index (χ0) is 18.5. The summed E-state index contributed by atoms with van der Waals surface area (Å²) in [5.74, 6) is -1.16. The number of benzene rings is 2. The molecule has 0 unspecified atom stereocenters. The van der Waals surface area contributed by atoms with Crippen molar-refractivity contribution in [1.29, 1.82) is 0 Å². The minimum atomic E-state index is -0.441. The van der Waals surface area contributed by atoms with Crippen molar-refractivity contribution in [2.45, 2.75) is 0 Å². The van der Waals surface area contributed by atoms with E-state index in [1.54, 1.807) is 48.8 Å². The molecule has 0 saturated carbocycles. The van der Waals surface area contributed by atoms with Crippen molar-refractivity contribution in [1.82, 2.24) is 4.98 Å². The fourth-order valence-corrected chi connectivity index (χ4v) is 2.78. The molecule has 26 heavy (non-hydrogen) atoms. The van der Waals surface area contributed by atoms with Crippen LogP contribution in [0.1, 0.15) is 20.7 Å². The summed E-state index contributed by atoms with van der Waals surface area (Å²) in [5, 5.41) is 5.44. The molecule has 0 fully saturated rings.